The largest absolute Gasteiger partial charge is 0.331 e. The van der Waals surface area contributed by atoms with E-state index in [0.717, 1.165) is 11.4 Å². The monoisotopic (exact) mass is 484 g/mol. The van der Waals surface area contributed by atoms with Gasteiger partial charge in [-0.1, -0.05) is 44.5 Å². The molecule has 0 aliphatic heterocycles. The number of carbonyl (C=O) groups is 2. The zero-order valence-electron chi connectivity index (χ0n) is 20.1. The molecule has 1 aromatic heterocycles. The molecule has 1 heterocycles. The van der Waals surface area contributed by atoms with E-state index in [1.807, 2.05) is 52.8 Å². The molecule has 0 atom stereocenters. The SMILES string of the molecule is CC(C)N(CC(=O)Nc1cc(C(C)(C)C)nn1-c1ccc(Cl)cc1)C(=O)Cc1ccc(F)cc1. The number of carbonyl (C=O) groups excluding carboxylic acids is 2. The maximum absolute atomic E-state index is 13.2. The first kappa shape index (κ1) is 25.4. The van der Waals surface area contributed by atoms with Crippen molar-refractivity contribution in [1.29, 1.82) is 0 Å². The lowest BCUT2D eigenvalue weighted by Gasteiger charge is -2.26. The molecular formula is C26H30ClFN4O2. The number of rotatable bonds is 7. The Bertz CT molecular complexity index is 1150. The molecule has 0 spiro atoms. The summed E-state index contributed by atoms with van der Waals surface area (Å²) in [4.78, 5) is 27.4. The van der Waals surface area contributed by atoms with Gasteiger partial charge in [-0.15, -0.1) is 0 Å². The Hall–Kier alpha value is -3.19. The van der Waals surface area contributed by atoms with Crippen molar-refractivity contribution in [2.45, 2.75) is 52.5 Å². The average Bonchev–Trinajstić information content (AvgIpc) is 3.18. The van der Waals surface area contributed by atoms with E-state index in [1.54, 1.807) is 28.9 Å². The molecule has 0 saturated carbocycles. The Kier molecular flexibility index (Phi) is 7.77. The lowest BCUT2D eigenvalue weighted by molar-refractivity contribution is -0.135. The van der Waals surface area contributed by atoms with E-state index in [4.69, 9.17) is 16.7 Å². The summed E-state index contributed by atoms with van der Waals surface area (Å²) in [6.07, 6.45) is 0.0859. The van der Waals surface area contributed by atoms with Crippen molar-refractivity contribution in [3.05, 3.63) is 76.7 Å². The Morgan fingerprint density at radius 3 is 2.26 bits per heavy atom. The molecule has 0 aliphatic carbocycles. The van der Waals surface area contributed by atoms with E-state index >= 15 is 0 Å². The van der Waals surface area contributed by atoms with Crippen LogP contribution in [-0.2, 0) is 21.4 Å². The van der Waals surface area contributed by atoms with Gasteiger partial charge in [-0.3, -0.25) is 9.59 Å². The quantitative estimate of drug-likeness (QED) is 0.489. The number of amides is 2. The molecule has 0 saturated heterocycles. The molecule has 6 nitrogen and oxygen atoms in total. The highest BCUT2D eigenvalue weighted by Crippen LogP contribution is 2.27. The van der Waals surface area contributed by atoms with E-state index in [1.165, 1.54) is 17.0 Å². The molecule has 3 rings (SSSR count). The summed E-state index contributed by atoms with van der Waals surface area (Å²) in [5.41, 5.74) is 2.02. The van der Waals surface area contributed by atoms with E-state index < -0.39 is 0 Å². The minimum atomic E-state index is -0.358. The van der Waals surface area contributed by atoms with Crippen molar-refractivity contribution in [2.75, 3.05) is 11.9 Å². The fourth-order valence-electron chi connectivity index (χ4n) is 3.39. The fourth-order valence-corrected chi connectivity index (χ4v) is 3.52. The molecule has 0 fully saturated rings. The summed E-state index contributed by atoms with van der Waals surface area (Å²) >= 11 is 6.03. The number of anilines is 1. The Balaban J connectivity index is 1.80. The average molecular weight is 485 g/mol. The second-order valence-electron chi connectivity index (χ2n) is 9.52. The highest BCUT2D eigenvalue weighted by molar-refractivity contribution is 6.30. The maximum Gasteiger partial charge on any atom is 0.245 e. The molecule has 3 aromatic rings. The zero-order valence-corrected chi connectivity index (χ0v) is 20.9. The van der Waals surface area contributed by atoms with Crippen molar-refractivity contribution in [3.63, 3.8) is 0 Å². The van der Waals surface area contributed by atoms with Crippen molar-refractivity contribution >= 4 is 29.2 Å². The first-order chi connectivity index (χ1) is 15.9. The number of hydrogen-bond donors (Lipinski definition) is 1. The molecule has 0 unspecified atom stereocenters. The Labute approximate surface area is 204 Å². The molecule has 180 valence electrons. The van der Waals surface area contributed by atoms with E-state index in [0.29, 0.717) is 16.4 Å². The van der Waals surface area contributed by atoms with Gasteiger partial charge in [0.15, 0.2) is 0 Å². The zero-order chi connectivity index (χ0) is 25.0. The number of aromatic nitrogens is 2. The van der Waals surface area contributed by atoms with E-state index in [2.05, 4.69) is 5.32 Å². The van der Waals surface area contributed by atoms with Crippen molar-refractivity contribution < 1.29 is 14.0 Å². The third-order valence-corrected chi connectivity index (χ3v) is 5.59. The van der Waals surface area contributed by atoms with Crippen LogP contribution in [0.5, 0.6) is 0 Å². The number of nitrogens with one attached hydrogen (secondary N) is 1. The minimum absolute atomic E-state index is 0.0859. The summed E-state index contributed by atoms with van der Waals surface area (Å²) in [6, 6.07) is 14.6. The minimum Gasteiger partial charge on any atom is -0.331 e. The van der Waals surface area contributed by atoms with Gasteiger partial charge < -0.3 is 10.2 Å². The standard InChI is InChI=1S/C26H30ClFN4O2/c1-17(2)31(25(34)14-18-6-10-20(28)11-7-18)16-24(33)29-23-15-22(26(3,4)5)30-32(23)21-12-8-19(27)9-13-21/h6-13,15,17H,14,16H2,1-5H3,(H,29,33). The number of halogens is 2. The van der Waals surface area contributed by atoms with Crippen LogP contribution in [0.1, 0.15) is 45.9 Å². The van der Waals surface area contributed by atoms with Gasteiger partial charge in [0.05, 0.1) is 17.8 Å². The van der Waals surface area contributed by atoms with Crippen molar-refractivity contribution in [3.8, 4) is 5.69 Å². The first-order valence-corrected chi connectivity index (χ1v) is 11.5. The number of hydrogen-bond acceptors (Lipinski definition) is 3. The molecule has 2 amide bonds. The van der Waals surface area contributed by atoms with Crippen LogP contribution in [0.2, 0.25) is 5.02 Å². The van der Waals surface area contributed by atoms with Gasteiger partial charge in [0.25, 0.3) is 0 Å². The second kappa shape index (κ2) is 10.4. The van der Waals surface area contributed by atoms with Crippen LogP contribution in [-0.4, -0.2) is 39.1 Å². The van der Waals surface area contributed by atoms with Crippen LogP contribution in [0.3, 0.4) is 0 Å². The van der Waals surface area contributed by atoms with Crippen LogP contribution < -0.4 is 5.32 Å². The smallest absolute Gasteiger partial charge is 0.245 e. The van der Waals surface area contributed by atoms with Crippen molar-refractivity contribution in [1.82, 2.24) is 14.7 Å². The normalized spacial score (nSPS) is 11.5. The molecular weight excluding hydrogens is 455 g/mol. The first-order valence-electron chi connectivity index (χ1n) is 11.1. The van der Waals surface area contributed by atoms with Crippen LogP contribution in [0.4, 0.5) is 10.2 Å². The van der Waals surface area contributed by atoms with Crippen LogP contribution >= 0.6 is 11.6 Å². The second-order valence-corrected chi connectivity index (χ2v) is 9.96. The third kappa shape index (κ3) is 6.44. The summed E-state index contributed by atoms with van der Waals surface area (Å²) in [7, 11) is 0. The number of nitrogens with zero attached hydrogens (tertiary/aromatic N) is 3. The molecule has 1 N–H and O–H groups in total. The maximum atomic E-state index is 13.2. The lowest BCUT2D eigenvalue weighted by atomic mass is 9.92. The van der Waals surface area contributed by atoms with Gasteiger partial charge >= 0.3 is 0 Å². The Morgan fingerprint density at radius 2 is 1.71 bits per heavy atom. The van der Waals surface area contributed by atoms with Crippen molar-refractivity contribution in [2.24, 2.45) is 0 Å². The van der Waals surface area contributed by atoms with Crippen LogP contribution in [0, 0.1) is 5.82 Å². The summed E-state index contributed by atoms with van der Waals surface area (Å²) in [5.74, 6) is -0.398. The van der Waals surface area contributed by atoms with Gasteiger partial charge in [-0.05, 0) is 55.8 Å². The van der Waals surface area contributed by atoms with E-state index in [9.17, 15) is 14.0 Å². The van der Waals surface area contributed by atoms with Gasteiger partial charge in [0, 0.05) is 22.5 Å². The predicted molar refractivity (Wildman–Crippen MR) is 133 cm³/mol. The fraction of sp³-hybridized carbons (Fsp3) is 0.346. The van der Waals surface area contributed by atoms with E-state index in [-0.39, 0.29) is 42.1 Å². The third-order valence-electron chi connectivity index (χ3n) is 5.34. The number of benzene rings is 2. The van der Waals surface area contributed by atoms with Gasteiger partial charge in [0.1, 0.15) is 18.2 Å². The predicted octanol–water partition coefficient (Wildman–Crippen LogP) is 5.38. The highest BCUT2D eigenvalue weighted by Gasteiger charge is 2.24. The van der Waals surface area contributed by atoms with Gasteiger partial charge in [0.2, 0.25) is 11.8 Å². The topological polar surface area (TPSA) is 67.2 Å². The van der Waals surface area contributed by atoms with Crippen LogP contribution in [0.25, 0.3) is 5.69 Å². The molecule has 34 heavy (non-hydrogen) atoms. The summed E-state index contributed by atoms with van der Waals surface area (Å²) in [5, 5.41) is 8.21. The summed E-state index contributed by atoms with van der Waals surface area (Å²) in [6.45, 7) is 9.72. The molecule has 2 aromatic carbocycles. The van der Waals surface area contributed by atoms with Gasteiger partial charge in [-0.2, -0.15) is 5.10 Å². The summed E-state index contributed by atoms with van der Waals surface area (Å²) < 4.78 is 14.8. The lowest BCUT2D eigenvalue weighted by Crippen LogP contribution is -2.43. The molecule has 0 radical (unpaired) electrons. The molecule has 0 aliphatic rings. The Morgan fingerprint density at radius 1 is 1.09 bits per heavy atom. The molecule has 0 bridgehead atoms. The molecule has 8 heteroatoms. The van der Waals surface area contributed by atoms with Crippen LogP contribution in [0.15, 0.2) is 54.6 Å². The highest BCUT2D eigenvalue weighted by atomic mass is 35.5. The van der Waals surface area contributed by atoms with Gasteiger partial charge in [-0.25, -0.2) is 9.07 Å².